The summed E-state index contributed by atoms with van der Waals surface area (Å²) >= 11 is 5.95. The quantitative estimate of drug-likeness (QED) is 0.872. The van der Waals surface area contributed by atoms with Gasteiger partial charge in [0.2, 0.25) is 0 Å². The summed E-state index contributed by atoms with van der Waals surface area (Å²) in [7, 11) is 0. The molecule has 2 aromatic rings. The molecule has 0 aliphatic carbocycles. The van der Waals surface area contributed by atoms with Crippen molar-refractivity contribution in [3.63, 3.8) is 0 Å². The van der Waals surface area contributed by atoms with Crippen LogP contribution in [0.2, 0.25) is 5.02 Å². The monoisotopic (exact) mass is 239 g/mol. The summed E-state index contributed by atoms with van der Waals surface area (Å²) in [6, 6.07) is 5.96. The summed E-state index contributed by atoms with van der Waals surface area (Å²) in [6.45, 7) is 1.67. The van der Waals surface area contributed by atoms with Crippen molar-refractivity contribution in [2.45, 2.75) is 13.0 Å². The number of halogens is 2. The van der Waals surface area contributed by atoms with E-state index in [2.05, 4.69) is 0 Å². The van der Waals surface area contributed by atoms with Crippen LogP contribution in [0.3, 0.4) is 0 Å². The van der Waals surface area contributed by atoms with Gasteiger partial charge in [-0.3, -0.25) is 0 Å². The zero-order valence-corrected chi connectivity index (χ0v) is 9.46. The van der Waals surface area contributed by atoms with E-state index in [1.54, 1.807) is 31.4 Å². The highest BCUT2D eigenvalue weighted by Gasteiger charge is 2.16. The molecule has 2 rings (SSSR count). The molecule has 0 aliphatic heterocycles. The molecule has 16 heavy (non-hydrogen) atoms. The number of aryl methyl sites for hydroxylation is 1. The highest BCUT2D eigenvalue weighted by atomic mass is 35.5. The van der Waals surface area contributed by atoms with Crippen molar-refractivity contribution in [3.05, 3.63) is 58.3 Å². The van der Waals surface area contributed by atoms with Gasteiger partial charge in [-0.25, -0.2) is 4.39 Å². The normalized spacial score (nSPS) is 12.8. The third-order valence-corrected chi connectivity index (χ3v) is 2.79. The Balaban J connectivity index is 2.44. The molecule has 2 nitrogen and oxygen atoms in total. The molecule has 0 radical (unpaired) electrons. The first-order chi connectivity index (χ1) is 7.59. The van der Waals surface area contributed by atoms with Crippen LogP contribution in [0.25, 0.3) is 0 Å². The fraction of sp³-hybridized carbons (Fsp3) is 0.167. The lowest BCUT2D eigenvalue weighted by Gasteiger charge is -2.12. The van der Waals surface area contributed by atoms with Gasteiger partial charge in [0, 0.05) is 5.02 Å². The lowest BCUT2D eigenvalue weighted by atomic mass is 10.0. The second-order valence-electron chi connectivity index (χ2n) is 3.62. The number of hydrogen-bond donors (Lipinski definition) is 1. The van der Waals surface area contributed by atoms with Crippen LogP contribution in [0, 0.1) is 12.7 Å². The van der Waals surface area contributed by atoms with Crippen molar-refractivity contribution in [2.75, 3.05) is 0 Å². The number of nitrogens with two attached hydrogens (primary N) is 1. The second kappa shape index (κ2) is 4.28. The molecular formula is C12H11ClFNO. The van der Waals surface area contributed by atoms with E-state index in [4.69, 9.17) is 21.8 Å². The summed E-state index contributed by atoms with van der Waals surface area (Å²) in [5, 5.41) is 0.312. The Hall–Kier alpha value is -1.32. The van der Waals surface area contributed by atoms with Crippen LogP contribution >= 0.6 is 11.6 Å². The first-order valence-electron chi connectivity index (χ1n) is 4.84. The van der Waals surface area contributed by atoms with E-state index in [0.717, 1.165) is 0 Å². The van der Waals surface area contributed by atoms with Gasteiger partial charge in [-0.2, -0.15) is 0 Å². The van der Waals surface area contributed by atoms with Crippen molar-refractivity contribution in [2.24, 2.45) is 5.73 Å². The molecule has 1 aromatic carbocycles. The first-order valence-corrected chi connectivity index (χ1v) is 5.22. The molecule has 4 heteroatoms. The standard InChI is InChI=1S/C12H11ClFNO/c1-7-5-8(9(13)6-10(7)14)12(15)11-3-2-4-16-11/h2-6,12H,15H2,1H3. The smallest absolute Gasteiger partial charge is 0.127 e. The minimum absolute atomic E-state index is 0.312. The van der Waals surface area contributed by atoms with Crippen LogP contribution in [0.1, 0.15) is 22.9 Å². The second-order valence-corrected chi connectivity index (χ2v) is 4.02. The lowest BCUT2D eigenvalue weighted by molar-refractivity contribution is 0.489. The van der Waals surface area contributed by atoms with Gasteiger partial charge >= 0.3 is 0 Å². The van der Waals surface area contributed by atoms with Crippen molar-refractivity contribution < 1.29 is 8.81 Å². The number of hydrogen-bond acceptors (Lipinski definition) is 2. The van der Waals surface area contributed by atoms with E-state index in [1.165, 1.54) is 6.07 Å². The molecule has 1 aromatic heterocycles. The lowest BCUT2D eigenvalue weighted by Crippen LogP contribution is -2.12. The Kier molecular flexibility index (Phi) is 2.99. The number of rotatable bonds is 2. The fourth-order valence-corrected chi connectivity index (χ4v) is 1.81. The highest BCUT2D eigenvalue weighted by Crippen LogP contribution is 2.28. The fourth-order valence-electron chi connectivity index (χ4n) is 1.54. The van der Waals surface area contributed by atoms with Crippen LogP contribution in [-0.4, -0.2) is 0 Å². The van der Waals surface area contributed by atoms with Crippen molar-refractivity contribution in [1.82, 2.24) is 0 Å². The zero-order valence-electron chi connectivity index (χ0n) is 8.71. The summed E-state index contributed by atoms with van der Waals surface area (Å²) in [5.41, 5.74) is 7.16. The Morgan fingerprint density at radius 3 is 2.81 bits per heavy atom. The van der Waals surface area contributed by atoms with Crippen molar-refractivity contribution in [1.29, 1.82) is 0 Å². The zero-order chi connectivity index (χ0) is 11.7. The summed E-state index contributed by atoms with van der Waals surface area (Å²) in [6.07, 6.45) is 1.54. The van der Waals surface area contributed by atoms with Crippen LogP contribution in [-0.2, 0) is 0 Å². The van der Waals surface area contributed by atoms with Gasteiger partial charge in [0.05, 0.1) is 12.3 Å². The molecule has 1 atom stereocenters. The molecule has 1 unspecified atom stereocenters. The maximum absolute atomic E-state index is 13.2. The van der Waals surface area contributed by atoms with Gasteiger partial charge in [-0.1, -0.05) is 11.6 Å². The van der Waals surface area contributed by atoms with E-state index < -0.39 is 6.04 Å². The van der Waals surface area contributed by atoms with Crippen LogP contribution in [0.15, 0.2) is 34.9 Å². The van der Waals surface area contributed by atoms with Crippen molar-refractivity contribution in [3.8, 4) is 0 Å². The summed E-state index contributed by atoms with van der Waals surface area (Å²) in [4.78, 5) is 0. The average molecular weight is 240 g/mol. The summed E-state index contributed by atoms with van der Waals surface area (Å²) < 4.78 is 18.4. The van der Waals surface area contributed by atoms with Crippen LogP contribution < -0.4 is 5.73 Å². The molecule has 0 amide bonds. The van der Waals surface area contributed by atoms with Gasteiger partial charge in [0.25, 0.3) is 0 Å². The van der Waals surface area contributed by atoms with Crippen LogP contribution in [0.4, 0.5) is 4.39 Å². The molecule has 1 heterocycles. The Morgan fingerprint density at radius 2 is 2.19 bits per heavy atom. The Morgan fingerprint density at radius 1 is 1.44 bits per heavy atom. The molecule has 84 valence electrons. The Labute approximate surface area is 97.8 Å². The molecule has 0 spiro atoms. The minimum Gasteiger partial charge on any atom is -0.467 e. The van der Waals surface area contributed by atoms with E-state index in [1.807, 2.05) is 0 Å². The maximum atomic E-state index is 13.2. The molecule has 0 aliphatic rings. The average Bonchev–Trinajstić information content (AvgIpc) is 2.75. The van der Waals surface area contributed by atoms with Gasteiger partial charge in [-0.15, -0.1) is 0 Å². The van der Waals surface area contributed by atoms with Crippen LogP contribution in [0.5, 0.6) is 0 Å². The third-order valence-electron chi connectivity index (χ3n) is 2.46. The maximum Gasteiger partial charge on any atom is 0.127 e. The molecule has 2 N–H and O–H groups in total. The van der Waals surface area contributed by atoms with Crippen molar-refractivity contribution >= 4 is 11.6 Å². The topological polar surface area (TPSA) is 39.2 Å². The largest absolute Gasteiger partial charge is 0.467 e. The van der Waals surface area contributed by atoms with Gasteiger partial charge in [0.1, 0.15) is 11.6 Å². The first kappa shape index (κ1) is 11.2. The van der Waals surface area contributed by atoms with Gasteiger partial charge in [-0.05, 0) is 42.3 Å². The third kappa shape index (κ3) is 1.96. The molecule has 0 fully saturated rings. The van der Waals surface area contributed by atoms with E-state index in [0.29, 0.717) is 21.9 Å². The SMILES string of the molecule is Cc1cc(C(N)c2ccco2)c(Cl)cc1F. The molecular weight excluding hydrogens is 229 g/mol. The number of furan rings is 1. The minimum atomic E-state index is -0.471. The summed E-state index contributed by atoms with van der Waals surface area (Å²) in [5.74, 6) is 0.272. The van der Waals surface area contributed by atoms with E-state index >= 15 is 0 Å². The predicted molar refractivity (Wildman–Crippen MR) is 60.9 cm³/mol. The number of benzene rings is 1. The molecule has 0 bridgehead atoms. The van der Waals surface area contributed by atoms with Gasteiger partial charge < -0.3 is 10.2 Å². The van der Waals surface area contributed by atoms with E-state index in [-0.39, 0.29) is 5.82 Å². The molecule has 0 saturated heterocycles. The Bertz CT molecular complexity index is 496. The molecule has 0 saturated carbocycles. The predicted octanol–water partition coefficient (Wildman–Crippen LogP) is 3.43. The van der Waals surface area contributed by atoms with E-state index in [9.17, 15) is 4.39 Å². The van der Waals surface area contributed by atoms with Gasteiger partial charge in [0.15, 0.2) is 0 Å². The highest BCUT2D eigenvalue weighted by molar-refractivity contribution is 6.31.